The fourth-order valence-electron chi connectivity index (χ4n) is 3.55. The summed E-state index contributed by atoms with van der Waals surface area (Å²) >= 11 is 0. The molecule has 3 atom stereocenters. The molecule has 0 radical (unpaired) electrons. The molecule has 2 aromatic rings. The van der Waals surface area contributed by atoms with E-state index in [2.05, 4.69) is 10.2 Å². The number of aromatic nitrogens is 2. The van der Waals surface area contributed by atoms with Gasteiger partial charge >= 0.3 is 6.18 Å². The molecule has 28 heavy (non-hydrogen) atoms. The van der Waals surface area contributed by atoms with Gasteiger partial charge in [-0.05, 0) is 31.5 Å². The lowest BCUT2D eigenvalue weighted by molar-refractivity contribution is -0.203. The van der Waals surface area contributed by atoms with Gasteiger partial charge in [-0.3, -0.25) is 5.10 Å². The summed E-state index contributed by atoms with van der Waals surface area (Å²) < 4.78 is 68.5. The number of alkyl halides is 5. The maximum atomic E-state index is 13.8. The Morgan fingerprint density at radius 1 is 1.25 bits per heavy atom. The van der Waals surface area contributed by atoms with Crippen molar-refractivity contribution in [3.8, 4) is 12.1 Å². The minimum absolute atomic E-state index is 0.162. The van der Waals surface area contributed by atoms with Gasteiger partial charge in [-0.15, -0.1) is 0 Å². The van der Waals surface area contributed by atoms with Gasteiger partial charge in [-0.25, -0.2) is 8.78 Å². The number of aromatic amines is 1. The number of nitrogens with zero attached hydrogens (tertiary/aromatic N) is 3. The number of hydrogen-bond donors (Lipinski definition) is 2. The number of hydrogen-bond acceptors (Lipinski definition) is 4. The van der Waals surface area contributed by atoms with Gasteiger partial charge in [0.2, 0.25) is 0 Å². The van der Waals surface area contributed by atoms with Crippen LogP contribution in [0.25, 0.3) is 10.9 Å². The highest BCUT2D eigenvalue weighted by Crippen LogP contribution is 2.50. The molecule has 3 rings (SSSR count). The number of nitrogens with one attached hydrogen (secondary N) is 2. The van der Waals surface area contributed by atoms with Crippen molar-refractivity contribution in [1.82, 2.24) is 15.5 Å². The summed E-state index contributed by atoms with van der Waals surface area (Å²) in [5, 5.41) is 28.1. The van der Waals surface area contributed by atoms with E-state index in [1.807, 2.05) is 0 Å². The maximum absolute atomic E-state index is 13.8. The van der Waals surface area contributed by atoms with E-state index in [0.29, 0.717) is 23.5 Å². The van der Waals surface area contributed by atoms with E-state index in [9.17, 15) is 32.5 Å². The van der Waals surface area contributed by atoms with Crippen LogP contribution in [0.3, 0.4) is 0 Å². The predicted molar refractivity (Wildman–Crippen MR) is 88.9 cm³/mol. The molecule has 0 saturated carbocycles. The van der Waals surface area contributed by atoms with Gasteiger partial charge in [0.1, 0.15) is 5.54 Å². The number of halogens is 5. The van der Waals surface area contributed by atoms with E-state index >= 15 is 0 Å². The standard InChI is InChI=1S/C18H14F5N5/c1-8-10-5-9(3-4-13(10)28-27-8)14-11(6-24)15(16(19)20)26-17(2,12(14)7-25)18(21,22)23/h3-5,12,14,16,26H,1-2H3,(H,27,28). The molecular formula is C18H14F5N5. The third-order valence-electron chi connectivity index (χ3n) is 5.15. The normalized spacial score (nSPS) is 25.5. The first-order chi connectivity index (χ1) is 13.0. The SMILES string of the molecule is Cc1[nH]nc2ccc(C3C(C#N)=C(C(F)F)NC(C)(C(F)(F)F)C3C#N)cc12. The molecule has 1 aromatic heterocycles. The van der Waals surface area contributed by atoms with Crippen LogP contribution in [0.2, 0.25) is 0 Å². The van der Waals surface area contributed by atoms with Crippen molar-refractivity contribution in [2.45, 2.75) is 37.9 Å². The quantitative estimate of drug-likeness (QED) is 0.751. The zero-order valence-corrected chi connectivity index (χ0v) is 14.7. The van der Waals surface area contributed by atoms with Crippen molar-refractivity contribution in [2.75, 3.05) is 0 Å². The van der Waals surface area contributed by atoms with Gasteiger partial charge < -0.3 is 5.32 Å². The van der Waals surface area contributed by atoms with Crippen LogP contribution in [-0.4, -0.2) is 28.3 Å². The molecule has 1 aromatic carbocycles. The van der Waals surface area contributed by atoms with Crippen molar-refractivity contribution in [3.63, 3.8) is 0 Å². The Bertz CT molecular complexity index is 1040. The highest BCUT2D eigenvalue weighted by Gasteiger charge is 2.62. The van der Waals surface area contributed by atoms with E-state index in [-0.39, 0.29) is 5.56 Å². The molecule has 3 unspecified atom stereocenters. The van der Waals surface area contributed by atoms with Crippen LogP contribution < -0.4 is 5.32 Å². The predicted octanol–water partition coefficient (Wildman–Crippen LogP) is 4.06. The second-order valence-corrected chi connectivity index (χ2v) is 6.77. The number of fused-ring (bicyclic) bond motifs is 1. The lowest BCUT2D eigenvalue weighted by Crippen LogP contribution is -2.63. The molecule has 0 fully saturated rings. The molecule has 0 spiro atoms. The second-order valence-electron chi connectivity index (χ2n) is 6.77. The first-order valence-electron chi connectivity index (χ1n) is 8.16. The third kappa shape index (κ3) is 2.76. The molecule has 0 amide bonds. The Morgan fingerprint density at radius 3 is 2.46 bits per heavy atom. The molecule has 0 bridgehead atoms. The van der Waals surface area contributed by atoms with Crippen molar-refractivity contribution < 1.29 is 22.0 Å². The number of nitriles is 2. The summed E-state index contributed by atoms with van der Waals surface area (Å²) in [4.78, 5) is 0. The highest BCUT2D eigenvalue weighted by atomic mass is 19.4. The van der Waals surface area contributed by atoms with E-state index in [0.717, 1.165) is 0 Å². The Balaban J connectivity index is 2.32. The fraction of sp³-hybridized carbons (Fsp3) is 0.389. The summed E-state index contributed by atoms with van der Waals surface area (Å²) in [5.74, 6) is -3.32. The Labute approximate surface area is 156 Å². The smallest absolute Gasteiger partial charge is 0.369 e. The monoisotopic (exact) mass is 395 g/mol. The van der Waals surface area contributed by atoms with Gasteiger partial charge in [0.25, 0.3) is 6.43 Å². The number of allylic oxidation sites excluding steroid dienone is 2. The van der Waals surface area contributed by atoms with Gasteiger partial charge in [0, 0.05) is 17.0 Å². The molecule has 5 nitrogen and oxygen atoms in total. The van der Waals surface area contributed by atoms with Gasteiger partial charge in [-0.2, -0.15) is 28.8 Å². The zero-order chi connectivity index (χ0) is 20.9. The van der Waals surface area contributed by atoms with E-state index in [1.165, 1.54) is 18.2 Å². The minimum Gasteiger partial charge on any atom is -0.369 e. The Morgan fingerprint density at radius 2 is 1.93 bits per heavy atom. The third-order valence-corrected chi connectivity index (χ3v) is 5.15. The van der Waals surface area contributed by atoms with Gasteiger partial charge in [0.15, 0.2) is 0 Å². The van der Waals surface area contributed by atoms with E-state index in [1.54, 1.807) is 24.4 Å². The van der Waals surface area contributed by atoms with Crippen LogP contribution in [0, 0.1) is 35.5 Å². The molecular weight excluding hydrogens is 381 g/mol. The molecule has 0 saturated heterocycles. The van der Waals surface area contributed by atoms with Crippen molar-refractivity contribution in [2.24, 2.45) is 5.92 Å². The lowest BCUT2D eigenvalue weighted by Gasteiger charge is -2.45. The highest BCUT2D eigenvalue weighted by molar-refractivity contribution is 5.82. The van der Waals surface area contributed by atoms with Crippen molar-refractivity contribution in [3.05, 3.63) is 40.7 Å². The summed E-state index contributed by atoms with van der Waals surface area (Å²) in [5.41, 5.74) is -3.34. The Hall–Kier alpha value is -3.14. The topological polar surface area (TPSA) is 88.3 Å². The number of rotatable bonds is 2. The molecule has 2 N–H and O–H groups in total. The first kappa shape index (κ1) is 19.6. The minimum atomic E-state index is -5.01. The molecule has 1 aliphatic rings. The van der Waals surface area contributed by atoms with Crippen LogP contribution in [0.1, 0.15) is 24.1 Å². The summed E-state index contributed by atoms with van der Waals surface area (Å²) in [7, 11) is 0. The second kappa shape index (κ2) is 6.48. The van der Waals surface area contributed by atoms with Gasteiger partial charge in [-0.1, -0.05) is 6.07 Å². The molecule has 2 heterocycles. The first-order valence-corrected chi connectivity index (χ1v) is 8.16. The van der Waals surface area contributed by atoms with Gasteiger partial charge in [0.05, 0.1) is 34.8 Å². The lowest BCUT2D eigenvalue weighted by atomic mass is 9.68. The molecule has 1 aliphatic heterocycles. The number of H-pyrrole nitrogens is 1. The van der Waals surface area contributed by atoms with Crippen LogP contribution in [0.15, 0.2) is 29.5 Å². The molecule has 146 valence electrons. The van der Waals surface area contributed by atoms with Crippen molar-refractivity contribution >= 4 is 10.9 Å². The average molecular weight is 395 g/mol. The zero-order valence-electron chi connectivity index (χ0n) is 14.7. The maximum Gasteiger partial charge on any atom is 0.412 e. The van der Waals surface area contributed by atoms with E-state index in [4.69, 9.17) is 0 Å². The van der Waals surface area contributed by atoms with E-state index < -0.39 is 41.2 Å². The number of aryl methyl sites for hydroxylation is 1. The average Bonchev–Trinajstić information content (AvgIpc) is 3.00. The molecule has 10 heteroatoms. The summed E-state index contributed by atoms with van der Waals surface area (Å²) in [6.45, 7) is 2.35. The summed E-state index contributed by atoms with van der Waals surface area (Å²) in [6.07, 6.45) is -8.35. The van der Waals surface area contributed by atoms with Crippen LogP contribution in [0.5, 0.6) is 0 Å². The fourth-order valence-corrected chi connectivity index (χ4v) is 3.55. The van der Waals surface area contributed by atoms with Crippen LogP contribution in [-0.2, 0) is 0 Å². The van der Waals surface area contributed by atoms with Crippen molar-refractivity contribution in [1.29, 1.82) is 10.5 Å². The van der Waals surface area contributed by atoms with Crippen LogP contribution in [0.4, 0.5) is 22.0 Å². The number of benzene rings is 1. The Kier molecular flexibility index (Phi) is 4.54. The summed E-state index contributed by atoms with van der Waals surface area (Å²) in [6, 6.07) is 7.57. The largest absolute Gasteiger partial charge is 0.412 e. The van der Waals surface area contributed by atoms with Crippen LogP contribution >= 0.6 is 0 Å². The molecule has 0 aliphatic carbocycles.